The molecule has 0 aromatic rings. The van der Waals surface area contributed by atoms with E-state index in [-0.39, 0.29) is 12.4 Å². The number of amides is 1. The minimum Gasteiger partial charge on any atom is -0.450 e. The van der Waals surface area contributed by atoms with Gasteiger partial charge in [0.1, 0.15) is 0 Å². The molecule has 0 rings (SSSR count). The number of rotatable bonds is 6. The molecular weight excluding hydrogens is 194 g/mol. The number of alkyl carbamates (subject to hydrolysis) is 1. The van der Waals surface area contributed by atoms with E-state index in [0.29, 0.717) is 6.61 Å². The Kier molecular flexibility index (Phi) is 7.83. The molecule has 0 aliphatic carbocycles. The van der Waals surface area contributed by atoms with E-state index in [1.54, 1.807) is 0 Å². The van der Waals surface area contributed by atoms with Gasteiger partial charge in [-0.2, -0.15) is 0 Å². The number of unbranched alkanes of at least 4 members (excludes halogenated alkanes) is 1. The van der Waals surface area contributed by atoms with Gasteiger partial charge in [0.05, 0.1) is 18.6 Å². The van der Waals surface area contributed by atoms with Crippen molar-refractivity contribution in [2.45, 2.75) is 25.9 Å². The molecule has 0 radical (unpaired) electrons. The third kappa shape index (κ3) is 7.87. The first kappa shape index (κ1) is 12.5. The van der Waals surface area contributed by atoms with Crippen molar-refractivity contribution in [3.05, 3.63) is 0 Å². The SMILES string of the molecule is CCCCOC(=O)NCC(O)CCl. The molecule has 78 valence electrons. The van der Waals surface area contributed by atoms with Crippen molar-refractivity contribution in [1.82, 2.24) is 5.32 Å². The van der Waals surface area contributed by atoms with Crippen LogP contribution in [0.3, 0.4) is 0 Å². The highest BCUT2D eigenvalue weighted by Gasteiger charge is 2.05. The molecule has 13 heavy (non-hydrogen) atoms. The quantitative estimate of drug-likeness (QED) is 0.509. The van der Waals surface area contributed by atoms with Gasteiger partial charge in [-0.05, 0) is 6.42 Å². The largest absolute Gasteiger partial charge is 0.450 e. The van der Waals surface area contributed by atoms with Crippen molar-refractivity contribution in [3.63, 3.8) is 0 Å². The Morgan fingerprint density at radius 2 is 2.38 bits per heavy atom. The average Bonchev–Trinajstić information content (AvgIpc) is 2.14. The van der Waals surface area contributed by atoms with Gasteiger partial charge in [-0.25, -0.2) is 4.79 Å². The smallest absolute Gasteiger partial charge is 0.407 e. The van der Waals surface area contributed by atoms with Gasteiger partial charge >= 0.3 is 6.09 Å². The van der Waals surface area contributed by atoms with Crippen molar-refractivity contribution < 1.29 is 14.6 Å². The Morgan fingerprint density at radius 3 is 2.92 bits per heavy atom. The van der Waals surface area contributed by atoms with Gasteiger partial charge in [-0.15, -0.1) is 11.6 Å². The van der Waals surface area contributed by atoms with Crippen LogP contribution in [0.25, 0.3) is 0 Å². The van der Waals surface area contributed by atoms with Gasteiger partial charge in [-0.1, -0.05) is 13.3 Å². The lowest BCUT2D eigenvalue weighted by Crippen LogP contribution is -2.33. The maximum Gasteiger partial charge on any atom is 0.407 e. The van der Waals surface area contributed by atoms with Gasteiger partial charge in [0, 0.05) is 6.54 Å². The van der Waals surface area contributed by atoms with Gasteiger partial charge in [-0.3, -0.25) is 0 Å². The van der Waals surface area contributed by atoms with Crippen LogP contribution in [-0.2, 0) is 4.74 Å². The zero-order chi connectivity index (χ0) is 10.1. The molecular formula is C8H16ClNO3. The van der Waals surface area contributed by atoms with Gasteiger partial charge in [0.2, 0.25) is 0 Å². The molecule has 0 aromatic carbocycles. The summed E-state index contributed by atoms with van der Waals surface area (Å²) in [6.07, 6.45) is 0.626. The maximum atomic E-state index is 10.9. The summed E-state index contributed by atoms with van der Waals surface area (Å²) in [7, 11) is 0. The number of ether oxygens (including phenoxy) is 1. The normalized spacial score (nSPS) is 12.2. The zero-order valence-corrected chi connectivity index (χ0v) is 8.51. The summed E-state index contributed by atoms with van der Waals surface area (Å²) in [4.78, 5) is 10.9. The summed E-state index contributed by atoms with van der Waals surface area (Å²) in [5, 5.41) is 11.4. The van der Waals surface area contributed by atoms with Crippen LogP contribution in [0.5, 0.6) is 0 Å². The summed E-state index contributed by atoms with van der Waals surface area (Å²) >= 11 is 5.32. The molecule has 0 saturated carbocycles. The Balaban J connectivity index is 3.30. The standard InChI is InChI=1S/C8H16ClNO3/c1-2-3-4-13-8(12)10-6-7(11)5-9/h7,11H,2-6H2,1H3,(H,10,12). The van der Waals surface area contributed by atoms with Crippen molar-refractivity contribution in [1.29, 1.82) is 0 Å². The second kappa shape index (κ2) is 8.13. The van der Waals surface area contributed by atoms with Crippen LogP contribution in [0.1, 0.15) is 19.8 Å². The number of carbonyl (C=O) groups is 1. The maximum absolute atomic E-state index is 10.9. The molecule has 0 heterocycles. The topological polar surface area (TPSA) is 58.6 Å². The Bertz CT molecular complexity index is 143. The second-order valence-corrected chi connectivity index (χ2v) is 2.99. The summed E-state index contributed by atoms with van der Waals surface area (Å²) < 4.78 is 4.77. The van der Waals surface area contributed by atoms with E-state index in [1.165, 1.54) is 0 Å². The summed E-state index contributed by atoms with van der Waals surface area (Å²) in [5.74, 6) is 0.106. The van der Waals surface area contributed by atoms with Crippen LogP contribution in [0.15, 0.2) is 0 Å². The molecule has 0 fully saturated rings. The Hall–Kier alpha value is -0.480. The predicted molar refractivity (Wildman–Crippen MR) is 51.0 cm³/mol. The van der Waals surface area contributed by atoms with Gasteiger partial charge in [0.15, 0.2) is 0 Å². The molecule has 2 N–H and O–H groups in total. The molecule has 0 spiro atoms. The van der Waals surface area contributed by atoms with E-state index in [1.807, 2.05) is 6.92 Å². The number of halogens is 1. The van der Waals surface area contributed by atoms with E-state index in [9.17, 15) is 4.79 Å². The third-order valence-corrected chi connectivity index (χ3v) is 1.75. The minimum atomic E-state index is -0.708. The molecule has 1 amide bonds. The summed E-state index contributed by atoms with van der Waals surface area (Å²) in [5.41, 5.74) is 0. The molecule has 4 nitrogen and oxygen atoms in total. The average molecular weight is 210 g/mol. The fourth-order valence-corrected chi connectivity index (χ4v) is 0.725. The lowest BCUT2D eigenvalue weighted by atomic mass is 10.4. The van der Waals surface area contributed by atoms with Crippen molar-refractivity contribution >= 4 is 17.7 Å². The third-order valence-electron chi connectivity index (χ3n) is 1.39. The molecule has 0 aliphatic rings. The number of hydrogen-bond donors (Lipinski definition) is 2. The molecule has 0 saturated heterocycles. The Labute approximate surface area is 83.2 Å². The fraction of sp³-hybridized carbons (Fsp3) is 0.875. The number of aliphatic hydroxyl groups excluding tert-OH is 1. The highest BCUT2D eigenvalue weighted by atomic mass is 35.5. The lowest BCUT2D eigenvalue weighted by Gasteiger charge is -2.08. The van der Waals surface area contributed by atoms with E-state index in [2.05, 4.69) is 5.32 Å². The Morgan fingerprint density at radius 1 is 1.69 bits per heavy atom. The molecule has 0 bridgehead atoms. The highest BCUT2D eigenvalue weighted by molar-refractivity contribution is 6.18. The van der Waals surface area contributed by atoms with Crippen molar-refractivity contribution in [2.24, 2.45) is 0 Å². The number of alkyl halides is 1. The first-order valence-corrected chi connectivity index (χ1v) is 4.88. The summed E-state index contributed by atoms with van der Waals surface area (Å²) in [6, 6.07) is 0. The monoisotopic (exact) mass is 209 g/mol. The van der Waals surface area contributed by atoms with E-state index in [0.717, 1.165) is 12.8 Å². The molecule has 0 aliphatic heterocycles. The predicted octanol–water partition coefficient (Wildman–Crippen LogP) is 1.11. The zero-order valence-electron chi connectivity index (χ0n) is 7.75. The number of carbonyl (C=O) groups excluding carboxylic acids is 1. The van der Waals surface area contributed by atoms with Crippen LogP contribution in [-0.4, -0.2) is 36.3 Å². The molecule has 0 aromatic heterocycles. The number of aliphatic hydroxyl groups is 1. The van der Waals surface area contributed by atoms with Crippen LogP contribution >= 0.6 is 11.6 Å². The lowest BCUT2D eigenvalue weighted by molar-refractivity contribution is 0.134. The number of hydrogen-bond acceptors (Lipinski definition) is 3. The number of nitrogens with one attached hydrogen (secondary N) is 1. The van der Waals surface area contributed by atoms with Gasteiger partial charge in [0.25, 0.3) is 0 Å². The van der Waals surface area contributed by atoms with Crippen molar-refractivity contribution in [2.75, 3.05) is 19.0 Å². The van der Waals surface area contributed by atoms with Crippen LogP contribution in [0.2, 0.25) is 0 Å². The molecule has 1 atom stereocenters. The first-order chi connectivity index (χ1) is 6.20. The minimum absolute atomic E-state index is 0.106. The second-order valence-electron chi connectivity index (χ2n) is 2.68. The van der Waals surface area contributed by atoms with E-state index >= 15 is 0 Å². The van der Waals surface area contributed by atoms with Crippen LogP contribution < -0.4 is 5.32 Å². The molecule has 1 unspecified atom stereocenters. The highest BCUT2D eigenvalue weighted by Crippen LogP contribution is 1.89. The fourth-order valence-electron chi connectivity index (χ4n) is 0.616. The summed E-state index contributed by atoms with van der Waals surface area (Å²) in [6.45, 7) is 2.56. The van der Waals surface area contributed by atoms with E-state index < -0.39 is 12.2 Å². The van der Waals surface area contributed by atoms with Crippen LogP contribution in [0, 0.1) is 0 Å². The first-order valence-electron chi connectivity index (χ1n) is 4.35. The van der Waals surface area contributed by atoms with E-state index in [4.69, 9.17) is 21.4 Å². The van der Waals surface area contributed by atoms with Gasteiger partial charge < -0.3 is 15.2 Å². The molecule has 5 heteroatoms. The van der Waals surface area contributed by atoms with Crippen molar-refractivity contribution in [3.8, 4) is 0 Å². The van der Waals surface area contributed by atoms with Crippen LogP contribution in [0.4, 0.5) is 4.79 Å².